The first kappa shape index (κ1) is 10.6. The summed E-state index contributed by atoms with van der Waals surface area (Å²) in [5, 5.41) is 9.20. The van der Waals surface area contributed by atoms with Crippen molar-refractivity contribution in [3.8, 4) is 0 Å². The van der Waals surface area contributed by atoms with Crippen LogP contribution in [0.15, 0.2) is 12.1 Å². The van der Waals surface area contributed by atoms with Crippen LogP contribution < -0.4 is 0 Å². The highest BCUT2D eigenvalue weighted by Crippen LogP contribution is 2.25. The van der Waals surface area contributed by atoms with Crippen molar-refractivity contribution >= 4 is 23.2 Å². The molecule has 1 N–H and O–H groups in total. The van der Waals surface area contributed by atoms with Crippen LogP contribution in [0.25, 0.3) is 0 Å². The van der Waals surface area contributed by atoms with E-state index in [2.05, 4.69) is 4.98 Å². The van der Waals surface area contributed by atoms with E-state index in [9.17, 15) is 13.9 Å². The zero-order valence-electron chi connectivity index (χ0n) is 6.22. The summed E-state index contributed by atoms with van der Waals surface area (Å²) in [7, 11) is 0. The van der Waals surface area contributed by atoms with Gasteiger partial charge in [-0.15, -0.1) is 23.2 Å². The lowest BCUT2D eigenvalue weighted by molar-refractivity contribution is 0.186. The molecule has 1 heterocycles. The maximum absolute atomic E-state index is 12.8. The van der Waals surface area contributed by atoms with Crippen LogP contribution in [0.3, 0.4) is 0 Å². The molecule has 0 spiro atoms. The quantitative estimate of drug-likeness (QED) is 0.621. The summed E-state index contributed by atoms with van der Waals surface area (Å²) in [6, 6.07) is 1.96. The Hall–Kier alpha value is -0.450. The number of rotatable bonds is 2. The van der Waals surface area contributed by atoms with Gasteiger partial charge in [0.05, 0.1) is 0 Å². The first-order valence-corrected chi connectivity index (χ1v) is 4.18. The molecule has 0 aliphatic carbocycles. The SMILES string of the molecule is OC(c1ccc(F)nc1F)C(Cl)Cl. The molecular weight excluding hydrogens is 223 g/mol. The molecule has 0 aromatic carbocycles. The first-order chi connectivity index (χ1) is 6.02. The largest absolute Gasteiger partial charge is 0.385 e. The van der Waals surface area contributed by atoms with Gasteiger partial charge >= 0.3 is 0 Å². The van der Waals surface area contributed by atoms with Gasteiger partial charge < -0.3 is 5.11 Å². The van der Waals surface area contributed by atoms with E-state index in [-0.39, 0.29) is 5.56 Å². The van der Waals surface area contributed by atoms with Crippen molar-refractivity contribution in [2.24, 2.45) is 0 Å². The highest BCUT2D eigenvalue weighted by molar-refractivity contribution is 6.44. The molecule has 0 saturated heterocycles. The minimum Gasteiger partial charge on any atom is -0.385 e. The zero-order valence-corrected chi connectivity index (χ0v) is 7.73. The van der Waals surface area contributed by atoms with Crippen molar-refractivity contribution in [1.82, 2.24) is 4.98 Å². The Morgan fingerprint density at radius 1 is 1.31 bits per heavy atom. The van der Waals surface area contributed by atoms with Crippen LogP contribution in [0, 0.1) is 11.9 Å². The zero-order chi connectivity index (χ0) is 10.0. The van der Waals surface area contributed by atoms with E-state index in [1.807, 2.05) is 0 Å². The van der Waals surface area contributed by atoms with E-state index >= 15 is 0 Å². The number of aromatic nitrogens is 1. The van der Waals surface area contributed by atoms with Crippen LogP contribution in [0.4, 0.5) is 8.78 Å². The van der Waals surface area contributed by atoms with Crippen molar-refractivity contribution in [2.75, 3.05) is 0 Å². The monoisotopic (exact) mass is 227 g/mol. The highest BCUT2D eigenvalue weighted by Gasteiger charge is 2.20. The Morgan fingerprint density at radius 3 is 2.38 bits per heavy atom. The molecule has 13 heavy (non-hydrogen) atoms. The smallest absolute Gasteiger partial charge is 0.221 e. The number of halogens is 4. The highest BCUT2D eigenvalue weighted by atomic mass is 35.5. The molecule has 72 valence electrons. The second-order valence-corrected chi connectivity index (χ2v) is 3.46. The van der Waals surface area contributed by atoms with Crippen molar-refractivity contribution in [2.45, 2.75) is 10.9 Å². The van der Waals surface area contributed by atoms with Gasteiger partial charge in [-0.25, -0.2) is 0 Å². The van der Waals surface area contributed by atoms with Gasteiger partial charge in [0.15, 0.2) is 0 Å². The molecule has 2 nitrogen and oxygen atoms in total. The Kier molecular flexibility index (Phi) is 3.41. The van der Waals surface area contributed by atoms with Crippen LogP contribution in [0.2, 0.25) is 0 Å². The summed E-state index contributed by atoms with van der Waals surface area (Å²) in [5.41, 5.74) is -0.226. The third-order valence-corrected chi connectivity index (χ3v) is 1.88. The Bertz CT molecular complexity index is 309. The van der Waals surface area contributed by atoms with E-state index in [4.69, 9.17) is 23.2 Å². The topological polar surface area (TPSA) is 33.1 Å². The Balaban J connectivity index is 3.01. The number of aliphatic hydroxyl groups is 1. The number of hydrogen-bond acceptors (Lipinski definition) is 2. The lowest BCUT2D eigenvalue weighted by atomic mass is 10.2. The molecular formula is C7H5Cl2F2NO. The van der Waals surface area contributed by atoms with E-state index in [1.54, 1.807) is 0 Å². The lowest BCUT2D eigenvalue weighted by Gasteiger charge is -2.11. The summed E-state index contributed by atoms with van der Waals surface area (Å²) in [6.07, 6.45) is -1.41. The minimum absolute atomic E-state index is 0.226. The first-order valence-electron chi connectivity index (χ1n) is 3.30. The van der Waals surface area contributed by atoms with Gasteiger partial charge in [0, 0.05) is 5.56 Å². The molecule has 0 fully saturated rings. The predicted octanol–water partition coefficient (Wildman–Crippen LogP) is 2.20. The fraction of sp³-hybridized carbons (Fsp3) is 0.286. The van der Waals surface area contributed by atoms with Gasteiger partial charge in [-0.3, -0.25) is 0 Å². The molecule has 6 heteroatoms. The molecule has 1 aromatic heterocycles. The summed E-state index contributed by atoms with van der Waals surface area (Å²) >= 11 is 10.6. The average Bonchev–Trinajstić information content (AvgIpc) is 2.03. The van der Waals surface area contributed by atoms with Crippen molar-refractivity contribution in [3.63, 3.8) is 0 Å². The van der Waals surface area contributed by atoms with Gasteiger partial charge in [-0.1, -0.05) is 0 Å². The number of aliphatic hydroxyl groups excluding tert-OH is 1. The van der Waals surface area contributed by atoms with Gasteiger partial charge in [-0.05, 0) is 12.1 Å². The van der Waals surface area contributed by atoms with Crippen LogP contribution in [0.5, 0.6) is 0 Å². The van der Waals surface area contributed by atoms with Gasteiger partial charge in [0.25, 0.3) is 0 Å². The summed E-state index contributed by atoms with van der Waals surface area (Å²) in [5.74, 6) is -2.08. The molecule has 1 rings (SSSR count). The van der Waals surface area contributed by atoms with E-state index in [0.29, 0.717) is 0 Å². The molecule has 1 aromatic rings. The van der Waals surface area contributed by atoms with Crippen molar-refractivity contribution in [1.29, 1.82) is 0 Å². The third kappa shape index (κ3) is 2.49. The minimum atomic E-state index is -1.41. The number of pyridine rings is 1. The third-order valence-electron chi connectivity index (χ3n) is 1.40. The second-order valence-electron chi connectivity index (χ2n) is 2.29. The molecule has 0 bridgehead atoms. The fourth-order valence-electron chi connectivity index (χ4n) is 0.779. The fourth-order valence-corrected chi connectivity index (χ4v) is 1.05. The molecule has 0 aliphatic heterocycles. The summed E-state index contributed by atoms with van der Waals surface area (Å²) in [6.45, 7) is 0. The predicted molar refractivity (Wildman–Crippen MR) is 44.6 cm³/mol. The van der Waals surface area contributed by atoms with Gasteiger partial charge in [0.1, 0.15) is 10.9 Å². The molecule has 0 saturated carbocycles. The second kappa shape index (κ2) is 4.17. The number of nitrogens with zero attached hydrogens (tertiary/aromatic N) is 1. The Labute approximate surface area is 83.1 Å². The summed E-state index contributed by atoms with van der Waals surface area (Å²) in [4.78, 5) is 1.69. The van der Waals surface area contributed by atoms with E-state index in [0.717, 1.165) is 12.1 Å². The molecule has 0 radical (unpaired) electrons. The van der Waals surface area contributed by atoms with Crippen LogP contribution in [-0.4, -0.2) is 14.9 Å². The van der Waals surface area contributed by atoms with Gasteiger partial charge in [-0.2, -0.15) is 13.8 Å². The normalized spacial score (nSPS) is 13.4. The Morgan fingerprint density at radius 2 is 1.92 bits per heavy atom. The maximum Gasteiger partial charge on any atom is 0.221 e. The van der Waals surface area contributed by atoms with E-state index in [1.165, 1.54) is 0 Å². The number of alkyl halides is 2. The standard InChI is InChI=1S/C7H5Cl2F2NO/c8-6(9)5(13)3-1-2-4(10)12-7(3)11/h1-2,5-6,13H. The van der Waals surface area contributed by atoms with Crippen LogP contribution in [-0.2, 0) is 0 Å². The lowest BCUT2D eigenvalue weighted by Crippen LogP contribution is -2.09. The van der Waals surface area contributed by atoms with Crippen molar-refractivity contribution < 1.29 is 13.9 Å². The molecule has 0 amide bonds. The van der Waals surface area contributed by atoms with Crippen LogP contribution in [0.1, 0.15) is 11.7 Å². The van der Waals surface area contributed by atoms with Gasteiger partial charge in [0.2, 0.25) is 11.9 Å². The molecule has 1 atom stereocenters. The summed E-state index contributed by atoms with van der Waals surface area (Å²) < 4.78 is 25.1. The molecule has 0 aliphatic rings. The van der Waals surface area contributed by atoms with E-state index < -0.39 is 22.8 Å². The average molecular weight is 228 g/mol. The van der Waals surface area contributed by atoms with Crippen molar-refractivity contribution in [3.05, 3.63) is 29.6 Å². The maximum atomic E-state index is 12.8. The number of hydrogen-bond donors (Lipinski definition) is 1. The van der Waals surface area contributed by atoms with Crippen LogP contribution >= 0.6 is 23.2 Å². The molecule has 1 unspecified atom stereocenters.